The second-order valence-corrected chi connectivity index (χ2v) is 9.94. The molecular formula is C24H27N5O5S2. The Balaban J connectivity index is 1.26. The maximum atomic E-state index is 12.8. The van der Waals surface area contributed by atoms with Gasteiger partial charge in [0.15, 0.2) is 4.34 Å². The van der Waals surface area contributed by atoms with E-state index in [1.807, 2.05) is 18.2 Å². The molecule has 1 atom stereocenters. The van der Waals surface area contributed by atoms with Crippen molar-refractivity contribution in [3.8, 4) is 18.0 Å². The van der Waals surface area contributed by atoms with Crippen LogP contribution in [0.4, 0.5) is 0 Å². The van der Waals surface area contributed by atoms with E-state index in [0.29, 0.717) is 31.9 Å². The van der Waals surface area contributed by atoms with E-state index in [2.05, 4.69) is 39.2 Å². The zero-order chi connectivity index (χ0) is 25.2. The molecule has 3 heterocycles. The maximum Gasteiger partial charge on any atom is 0.326 e. The Hall–Kier alpha value is -3.22. The summed E-state index contributed by atoms with van der Waals surface area (Å²) in [5.41, 5.74) is 0.990. The van der Waals surface area contributed by atoms with E-state index in [0.717, 1.165) is 14.6 Å². The van der Waals surface area contributed by atoms with E-state index in [1.54, 1.807) is 40.2 Å². The van der Waals surface area contributed by atoms with Gasteiger partial charge in [0.25, 0.3) is 0 Å². The van der Waals surface area contributed by atoms with Gasteiger partial charge in [0, 0.05) is 18.7 Å². The van der Waals surface area contributed by atoms with Crippen molar-refractivity contribution in [1.29, 1.82) is 0 Å². The average molecular weight is 530 g/mol. The number of amides is 1. The Morgan fingerprint density at radius 1 is 1.08 bits per heavy atom. The van der Waals surface area contributed by atoms with Crippen molar-refractivity contribution in [2.45, 2.75) is 16.9 Å². The van der Waals surface area contributed by atoms with Gasteiger partial charge in [-0.05, 0) is 12.1 Å². The first-order valence-electron chi connectivity index (χ1n) is 11.4. The molecule has 0 saturated carbocycles. The van der Waals surface area contributed by atoms with Gasteiger partial charge in [-0.2, -0.15) is 0 Å². The van der Waals surface area contributed by atoms with Crippen molar-refractivity contribution < 1.29 is 23.7 Å². The van der Waals surface area contributed by atoms with Crippen molar-refractivity contribution >= 4 is 39.2 Å². The van der Waals surface area contributed by atoms with Crippen molar-refractivity contribution in [2.75, 3.05) is 45.3 Å². The maximum absolute atomic E-state index is 12.8. The fourth-order valence-corrected chi connectivity index (χ4v) is 5.36. The Labute approximate surface area is 217 Å². The summed E-state index contributed by atoms with van der Waals surface area (Å²) in [6.45, 7) is 9.24. The van der Waals surface area contributed by atoms with Crippen molar-refractivity contribution in [3.05, 3.63) is 49.6 Å². The highest BCUT2D eigenvalue weighted by Crippen LogP contribution is 2.29. The molecule has 1 amide bonds. The Kier molecular flexibility index (Phi) is 9.47. The lowest BCUT2D eigenvalue weighted by Gasteiger charge is -2.32. The molecule has 12 heteroatoms. The van der Waals surface area contributed by atoms with Crippen molar-refractivity contribution in [1.82, 2.24) is 24.8 Å². The summed E-state index contributed by atoms with van der Waals surface area (Å²) in [6, 6.07) is 8.20. The van der Waals surface area contributed by atoms with Gasteiger partial charge in [-0.25, -0.2) is 4.98 Å². The first-order valence-corrected chi connectivity index (χ1v) is 13.2. The lowest BCUT2D eigenvalue weighted by atomic mass is 10.2. The first kappa shape index (κ1) is 25.9. The van der Waals surface area contributed by atoms with Gasteiger partial charge in [0.2, 0.25) is 5.91 Å². The molecule has 1 aliphatic rings. The number of hydrogen-bond acceptors (Lipinski definition) is 11. The molecule has 1 aliphatic heterocycles. The van der Waals surface area contributed by atoms with Crippen LogP contribution < -0.4 is 14.2 Å². The molecule has 0 aliphatic carbocycles. The molecule has 1 fully saturated rings. The lowest BCUT2D eigenvalue weighted by Crippen LogP contribution is -2.47. The van der Waals surface area contributed by atoms with Crippen LogP contribution >= 0.6 is 23.1 Å². The molecule has 0 radical (unpaired) electrons. The molecule has 10 nitrogen and oxygen atoms in total. The van der Waals surface area contributed by atoms with Crippen LogP contribution in [0.5, 0.6) is 18.0 Å². The molecule has 2 aromatic heterocycles. The number of carbonyl (C=O) groups excluding carboxylic acids is 1. The molecule has 190 valence electrons. The predicted octanol–water partition coefficient (Wildman–Crippen LogP) is 3.40. The van der Waals surface area contributed by atoms with Crippen LogP contribution in [0.25, 0.3) is 10.2 Å². The number of benzene rings is 1. The third-order valence-electron chi connectivity index (χ3n) is 4.94. The number of thiazole rings is 1. The molecule has 0 spiro atoms. The highest BCUT2D eigenvalue weighted by molar-refractivity contribution is 8.01. The minimum Gasteiger partial charge on any atom is -0.460 e. The van der Waals surface area contributed by atoms with Crippen LogP contribution in [0.2, 0.25) is 0 Å². The third kappa shape index (κ3) is 7.39. The quantitative estimate of drug-likeness (QED) is 0.241. The van der Waals surface area contributed by atoms with Gasteiger partial charge in [0.05, 0.1) is 23.4 Å². The van der Waals surface area contributed by atoms with Gasteiger partial charge in [0.1, 0.15) is 25.9 Å². The number of thioether (sulfide) groups is 1. The average Bonchev–Trinajstić information content (AvgIpc) is 3.32. The van der Waals surface area contributed by atoms with E-state index < -0.39 is 0 Å². The van der Waals surface area contributed by atoms with Crippen molar-refractivity contribution in [2.24, 2.45) is 0 Å². The number of aromatic nitrogens is 4. The largest absolute Gasteiger partial charge is 0.460 e. The molecule has 3 aromatic rings. The molecule has 36 heavy (non-hydrogen) atoms. The van der Waals surface area contributed by atoms with Crippen LogP contribution in [0.15, 0.2) is 53.9 Å². The predicted molar refractivity (Wildman–Crippen MR) is 138 cm³/mol. The summed E-state index contributed by atoms with van der Waals surface area (Å²) in [5, 5.41) is 0. The summed E-state index contributed by atoms with van der Waals surface area (Å²) in [6.07, 6.45) is 3.27. The van der Waals surface area contributed by atoms with Gasteiger partial charge in [-0.15, -0.1) is 26.3 Å². The number of nitrogens with zero attached hydrogens (tertiary/aromatic N) is 5. The van der Waals surface area contributed by atoms with E-state index in [4.69, 9.17) is 18.9 Å². The van der Waals surface area contributed by atoms with E-state index >= 15 is 0 Å². The standard InChI is InChI=1S/C24H27N5O5S2/c1-3-11-32-21-26-22(33-12-4-2)28-23(27-21)34-16-17-15-29(10-13-31-17)20(30)9-14-35-24-25-18-7-5-6-8-19(18)36-24/h3-8,17H,1-2,9-16H2. The summed E-state index contributed by atoms with van der Waals surface area (Å²) in [4.78, 5) is 31.5. The van der Waals surface area contributed by atoms with Crippen molar-refractivity contribution in [3.63, 3.8) is 0 Å². The minimum atomic E-state index is -0.313. The second-order valence-electron chi connectivity index (χ2n) is 7.57. The smallest absolute Gasteiger partial charge is 0.326 e. The number of fused-ring (bicyclic) bond motifs is 1. The Bertz CT molecular complexity index is 1130. The summed E-state index contributed by atoms with van der Waals surface area (Å²) < 4.78 is 24.4. The third-order valence-corrected chi connectivity index (χ3v) is 7.12. The van der Waals surface area contributed by atoms with Crippen LogP contribution in [-0.2, 0) is 9.53 Å². The number of para-hydroxylation sites is 1. The molecule has 0 bridgehead atoms. The SMILES string of the molecule is C=CCOc1nc(OCC=C)nc(OCC2CN(C(=O)CCSc3nc4ccccc4s3)CCO2)n1. The summed E-state index contributed by atoms with van der Waals surface area (Å²) in [7, 11) is 0. The number of hydrogen-bond donors (Lipinski definition) is 0. The zero-order valence-electron chi connectivity index (χ0n) is 19.7. The van der Waals surface area contributed by atoms with E-state index in [9.17, 15) is 4.79 Å². The van der Waals surface area contributed by atoms with Crippen LogP contribution in [0.3, 0.4) is 0 Å². The van der Waals surface area contributed by atoms with Gasteiger partial charge in [-0.3, -0.25) is 4.79 Å². The molecule has 4 rings (SSSR count). The summed E-state index contributed by atoms with van der Waals surface area (Å²) in [5.74, 6) is 0.750. The minimum absolute atomic E-state index is 0.0439. The van der Waals surface area contributed by atoms with Crippen LogP contribution in [-0.4, -0.2) is 82.1 Å². The van der Waals surface area contributed by atoms with Gasteiger partial charge < -0.3 is 23.8 Å². The number of rotatable bonds is 13. The van der Waals surface area contributed by atoms with E-state index in [1.165, 1.54) is 0 Å². The molecule has 1 saturated heterocycles. The Morgan fingerprint density at radius 3 is 2.47 bits per heavy atom. The fraction of sp³-hybridized carbons (Fsp3) is 0.375. The van der Waals surface area contributed by atoms with E-state index in [-0.39, 0.29) is 49.9 Å². The molecule has 1 unspecified atom stereocenters. The number of carbonyl (C=O) groups is 1. The number of ether oxygens (including phenoxy) is 4. The fourth-order valence-electron chi connectivity index (χ4n) is 3.29. The highest BCUT2D eigenvalue weighted by atomic mass is 32.2. The van der Waals surface area contributed by atoms with Gasteiger partial charge in [-0.1, -0.05) is 49.2 Å². The zero-order valence-corrected chi connectivity index (χ0v) is 21.3. The second kappa shape index (κ2) is 13.2. The molecule has 1 aromatic carbocycles. The molecule has 0 N–H and O–H groups in total. The number of morpholine rings is 1. The monoisotopic (exact) mass is 529 g/mol. The van der Waals surface area contributed by atoms with Gasteiger partial charge >= 0.3 is 18.0 Å². The highest BCUT2D eigenvalue weighted by Gasteiger charge is 2.25. The molecular weight excluding hydrogens is 502 g/mol. The Morgan fingerprint density at radius 2 is 1.78 bits per heavy atom. The normalized spacial score (nSPS) is 15.4. The van der Waals surface area contributed by atoms with Crippen LogP contribution in [0, 0.1) is 0 Å². The van der Waals surface area contributed by atoms with Crippen LogP contribution in [0.1, 0.15) is 6.42 Å². The first-order chi connectivity index (χ1) is 17.6. The lowest BCUT2D eigenvalue weighted by molar-refractivity contribution is -0.139. The summed E-state index contributed by atoms with van der Waals surface area (Å²) >= 11 is 3.25. The topological polar surface area (TPSA) is 109 Å².